The van der Waals surface area contributed by atoms with Crippen LogP contribution in [0.4, 0.5) is 0 Å². The van der Waals surface area contributed by atoms with Gasteiger partial charge in [-0.1, -0.05) is 6.92 Å². The van der Waals surface area contributed by atoms with Crippen LogP contribution >= 0.6 is 0 Å². The Morgan fingerprint density at radius 2 is 1.75 bits per heavy atom. The van der Waals surface area contributed by atoms with Gasteiger partial charge in [0.25, 0.3) is 0 Å². The molecule has 0 radical (unpaired) electrons. The summed E-state index contributed by atoms with van der Waals surface area (Å²) >= 11 is 0. The lowest BCUT2D eigenvalue weighted by atomic mass is 9.70. The van der Waals surface area contributed by atoms with Crippen molar-refractivity contribution < 1.29 is 57.5 Å². The molecule has 1 fully saturated rings. The lowest BCUT2D eigenvalue weighted by Crippen LogP contribution is -2.70. The Morgan fingerprint density at radius 3 is 2.25 bits per heavy atom. The zero-order valence-electron chi connectivity index (χ0n) is 18.1. The van der Waals surface area contributed by atoms with Crippen LogP contribution in [0.3, 0.4) is 0 Å². The number of carboxylic acid groups (broad SMARTS) is 1. The molecule has 0 saturated carbocycles. The highest BCUT2D eigenvalue weighted by atomic mass is 32.2. The van der Waals surface area contributed by atoms with Crippen LogP contribution in [0.1, 0.15) is 27.7 Å². The molecule has 32 heavy (non-hydrogen) atoms. The van der Waals surface area contributed by atoms with Gasteiger partial charge in [0.15, 0.2) is 5.60 Å². The van der Waals surface area contributed by atoms with Crippen LogP contribution in [0.2, 0.25) is 0 Å². The average Bonchev–Trinajstić information content (AvgIpc) is 2.65. The summed E-state index contributed by atoms with van der Waals surface area (Å²) in [7, 11) is -4.71. The SMILES string of the molecule is CC1(C)OC(CO)[C@@](C)(COC[C@@]2(C)OC(C(=O)O)=C[C@@H](O)C2O)[C@@H](O)C1NS(=O)(=O)O. The summed E-state index contributed by atoms with van der Waals surface area (Å²) < 4.78 is 50.6. The first-order chi connectivity index (χ1) is 14.5. The van der Waals surface area contributed by atoms with Gasteiger partial charge in [0, 0.05) is 5.41 Å². The first kappa shape index (κ1) is 26.9. The van der Waals surface area contributed by atoms with E-state index in [2.05, 4.69) is 0 Å². The van der Waals surface area contributed by atoms with Crippen molar-refractivity contribution in [3.63, 3.8) is 0 Å². The van der Waals surface area contributed by atoms with E-state index in [1.54, 1.807) is 0 Å². The van der Waals surface area contributed by atoms with Gasteiger partial charge in [0.2, 0.25) is 5.76 Å². The predicted molar refractivity (Wildman–Crippen MR) is 107 cm³/mol. The van der Waals surface area contributed by atoms with E-state index in [0.29, 0.717) is 0 Å². The van der Waals surface area contributed by atoms with E-state index in [-0.39, 0.29) is 6.61 Å². The maximum Gasteiger partial charge on any atom is 0.370 e. The molecule has 1 saturated heterocycles. The molecule has 13 nitrogen and oxygen atoms in total. The Kier molecular flexibility index (Phi) is 7.66. The smallest absolute Gasteiger partial charge is 0.370 e. The second kappa shape index (κ2) is 9.12. The van der Waals surface area contributed by atoms with E-state index >= 15 is 0 Å². The summed E-state index contributed by atoms with van der Waals surface area (Å²) in [6, 6.07) is -1.32. The fraction of sp³-hybridized carbons (Fsp3) is 0.833. The predicted octanol–water partition coefficient (Wildman–Crippen LogP) is -2.22. The van der Waals surface area contributed by atoms with E-state index in [0.717, 1.165) is 6.08 Å². The molecule has 2 heterocycles. The Hall–Kier alpha value is -1.36. The highest BCUT2D eigenvalue weighted by molar-refractivity contribution is 7.83. The number of aliphatic carboxylic acids is 1. The van der Waals surface area contributed by atoms with Crippen molar-refractivity contribution >= 4 is 16.3 Å². The van der Waals surface area contributed by atoms with Crippen molar-refractivity contribution in [3.8, 4) is 0 Å². The molecule has 0 spiro atoms. The Balaban J connectivity index is 2.22. The molecule has 0 amide bonds. The zero-order chi connectivity index (χ0) is 24.7. The van der Waals surface area contributed by atoms with Gasteiger partial charge >= 0.3 is 16.3 Å². The number of nitrogens with one attached hydrogen (secondary N) is 1. The fourth-order valence-electron chi connectivity index (χ4n) is 3.97. The third-order valence-electron chi connectivity index (χ3n) is 5.99. The molecule has 2 aliphatic heterocycles. The highest BCUT2D eigenvalue weighted by Gasteiger charge is 2.57. The summed E-state index contributed by atoms with van der Waals surface area (Å²) in [4.78, 5) is 11.2. The molecule has 0 bridgehead atoms. The van der Waals surface area contributed by atoms with E-state index in [4.69, 9.17) is 19.3 Å². The monoisotopic (exact) mass is 485 g/mol. The van der Waals surface area contributed by atoms with Gasteiger partial charge in [0.05, 0.1) is 43.7 Å². The lowest BCUT2D eigenvalue weighted by Gasteiger charge is -2.54. The minimum absolute atomic E-state index is 0.354. The molecule has 186 valence electrons. The van der Waals surface area contributed by atoms with Crippen molar-refractivity contribution in [3.05, 3.63) is 11.8 Å². The van der Waals surface area contributed by atoms with Crippen LogP contribution in [-0.4, -0.2) is 106 Å². The number of rotatable bonds is 8. The second-order valence-corrected chi connectivity index (χ2v) is 10.3. The van der Waals surface area contributed by atoms with Crippen LogP contribution in [0.25, 0.3) is 0 Å². The van der Waals surface area contributed by atoms with Crippen LogP contribution in [0, 0.1) is 5.41 Å². The van der Waals surface area contributed by atoms with Crippen molar-refractivity contribution in [2.45, 2.75) is 69.4 Å². The minimum Gasteiger partial charge on any atom is -0.475 e. The largest absolute Gasteiger partial charge is 0.475 e. The van der Waals surface area contributed by atoms with Gasteiger partial charge in [-0.05, 0) is 26.8 Å². The molecule has 0 aliphatic carbocycles. The van der Waals surface area contributed by atoms with Gasteiger partial charge in [-0.25, -0.2) is 4.79 Å². The average molecular weight is 486 g/mol. The molecule has 2 aliphatic rings. The number of aliphatic hydroxyl groups excluding tert-OH is 4. The third kappa shape index (κ3) is 5.40. The first-order valence-corrected chi connectivity index (χ1v) is 11.2. The first-order valence-electron chi connectivity index (χ1n) is 9.76. The molecule has 0 aromatic rings. The van der Waals surface area contributed by atoms with Gasteiger partial charge in [0.1, 0.15) is 12.2 Å². The molecule has 7 atom stereocenters. The number of ether oxygens (including phenoxy) is 3. The molecule has 0 aromatic carbocycles. The molecule has 2 rings (SSSR count). The van der Waals surface area contributed by atoms with Crippen molar-refractivity contribution in [1.29, 1.82) is 0 Å². The Bertz CT molecular complexity index is 845. The number of hydrogen-bond acceptors (Lipinski definition) is 10. The van der Waals surface area contributed by atoms with Crippen LogP contribution in [-0.2, 0) is 29.3 Å². The summed E-state index contributed by atoms with van der Waals surface area (Å²) in [5.74, 6) is -2.03. The fourth-order valence-corrected chi connectivity index (χ4v) is 4.71. The quantitative estimate of drug-likeness (QED) is 0.182. The zero-order valence-corrected chi connectivity index (χ0v) is 18.9. The molecular weight excluding hydrogens is 454 g/mol. The standard InChI is InChI=1S/C18H31NO12S/c1-16(2)12(19-32(26,27)28)14(23)17(3,11(6-20)31-16)7-29-8-18(4)13(22)9(21)5-10(30-18)15(24)25/h5,9,11-14,19-23H,6-8H2,1-4H3,(H,24,25)(H,26,27,28)/t9-,11?,12?,13?,14+,17-,18-/m1/s1. The highest BCUT2D eigenvalue weighted by Crippen LogP contribution is 2.42. The lowest BCUT2D eigenvalue weighted by molar-refractivity contribution is -0.255. The van der Waals surface area contributed by atoms with Crippen molar-refractivity contribution in [2.75, 3.05) is 19.8 Å². The van der Waals surface area contributed by atoms with E-state index in [1.165, 1.54) is 27.7 Å². The van der Waals surface area contributed by atoms with Crippen LogP contribution < -0.4 is 4.72 Å². The van der Waals surface area contributed by atoms with Gasteiger partial charge in [-0.2, -0.15) is 13.1 Å². The number of carboxylic acids is 1. The molecular formula is C18H31NO12S. The van der Waals surface area contributed by atoms with Crippen LogP contribution in [0.15, 0.2) is 11.8 Å². The van der Waals surface area contributed by atoms with Gasteiger partial charge in [-0.3, -0.25) is 4.55 Å². The molecule has 0 aromatic heterocycles. The molecule has 7 N–H and O–H groups in total. The van der Waals surface area contributed by atoms with Crippen LogP contribution in [0.5, 0.6) is 0 Å². The number of carbonyl (C=O) groups is 1. The summed E-state index contributed by atoms with van der Waals surface area (Å²) in [6.45, 7) is 4.38. The topological polar surface area (TPSA) is 212 Å². The van der Waals surface area contributed by atoms with Crippen molar-refractivity contribution in [2.24, 2.45) is 5.41 Å². The second-order valence-electron chi connectivity index (χ2n) is 9.09. The summed E-state index contributed by atoms with van der Waals surface area (Å²) in [5.41, 5.74) is -4.40. The Labute approximate surface area is 185 Å². The minimum atomic E-state index is -4.71. The van der Waals surface area contributed by atoms with E-state index < -0.39 is 82.3 Å². The van der Waals surface area contributed by atoms with Crippen molar-refractivity contribution in [1.82, 2.24) is 4.72 Å². The summed E-state index contributed by atoms with van der Waals surface area (Å²) in [6.07, 6.45) is -4.73. The number of hydrogen-bond donors (Lipinski definition) is 7. The maximum absolute atomic E-state index is 11.4. The summed E-state index contributed by atoms with van der Waals surface area (Å²) in [5, 5.41) is 50.2. The molecule has 14 heteroatoms. The maximum atomic E-state index is 11.4. The third-order valence-corrected chi connectivity index (χ3v) is 6.54. The van der Waals surface area contributed by atoms with E-state index in [1.807, 2.05) is 4.72 Å². The van der Waals surface area contributed by atoms with E-state index in [9.17, 15) is 38.2 Å². The van der Waals surface area contributed by atoms with Gasteiger partial charge < -0.3 is 39.7 Å². The Morgan fingerprint density at radius 1 is 1.16 bits per heavy atom. The number of aliphatic hydroxyl groups is 4. The normalized spacial score (nSPS) is 39.8. The van der Waals surface area contributed by atoms with Gasteiger partial charge in [-0.15, -0.1) is 0 Å². The molecule has 3 unspecified atom stereocenters.